The Kier molecular flexibility index (Phi) is 4.81. The minimum Gasteiger partial charge on any atom is -0.267 e. The first-order valence-electron chi connectivity index (χ1n) is 8.74. The number of nitrogens with zero attached hydrogens (tertiary/aromatic N) is 3. The summed E-state index contributed by atoms with van der Waals surface area (Å²) in [4.78, 5) is 41.0. The summed E-state index contributed by atoms with van der Waals surface area (Å²) in [6.07, 6.45) is 0. The lowest BCUT2D eigenvalue weighted by Gasteiger charge is -2.09. The Morgan fingerprint density at radius 3 is 2.17 bits per heavy atom. The highest BCUT2D eigenvalue weighted by Crippen LogP contribution is 2.11. The molecule has 4 aromatic rings. The fourth-order valence-electron chi connectivity index (χ4n) is 2.72. The Labute approximate surface area is 164 Å². The Hall–Kier alpha value is -4.33. The van der Waals surface area contributed by atoms with Crippen LogP contribution in [0.15, 0.2) is 83.7 Å². The summed E-state index contributed by atoms with van der Waals surface area (Å²) in [5, 5.41) is 4.96. The van der Waals surface area contributed by atoms with Crippen LogP contribution in [0.4, 0.5) is 0 Å². The van der Waals surface area contributed by atoms with Crippen molar-refractivity contribution in [1.29, 1.82) is 0 Å². The van der Waals surface area contributed by atoms with Crippen molar-refractivity contribution in [3.8, 4) is 5.69 Å². The molecular weight excluding hydrogens is 370 g/mol. The van der Waals surface area contributed by atoms with Crippen molar-refractivity contribution in [2.45, 2.75) is 0 Å². The van der Waals surface area contributed by atoms with Gasteiger partial charge in [0.15, 0.2) is 5.69 Å². The Bertz CT molecular complexity index is 1270. The highest BCUT2D eigenvalue weighted by atomic mass is 16.2. The average molecular weight is 385 g/mol. The zero-order valence-electron chi connectivity index (χ0n) is 15.1. The van der Waals surface area contributed by atoms with Crippen LogP contribution in [0.3, 0.4) is 0 Å². The minimum atomic E-state index is -0.663. The first kappa shape index (κ1) is 18.1. The summed E-state index contributed by atoms with van der Waals surface area (Å²) in [5.41, 5.74) is 5.54. The number of hydrogen-bond donors (Lipinski definition) is 2. The van der Waals surface area contributed by atoms with E-state index in [-0.39, 0.29) is 16.9 Å². The molecule has 8 nitrogen and oxygen atoms in total. The van der Waals surface area contributed by atoms with E-state index >= 15 is 0 Å². The quantitative estimate of drug-likeness (QED) is 0.524. The first-order valence-corrected chi connectivity index (χ1v) is 8.74. The summed E-state index contributed by atoms with van der Waals surface area (Å²) < 4.78 is 1.11. The topological polar surface area (TPSA) is 106 Å². The maximum atomic E-state index is 12.4. The fourth-order valence-corrected chi connectivity index (χ4v) is 2.72. The number of hydrogen-bond acceptors (Lipinski definition) is 5. The Morgan fingerprint density at radius 2 is 1.38 bits per heavy atom. The van der Waals surface area contributed by atoms with Gasteiger partial charge in [-0.05, 0) is 30.3 Å². The van der Waals surface area contributed by atoms with Crippen LogP contribution in [0, 0.1) is 0 Å². The normalized spacial score (nSPS) is 10.5. The van der Waals surface area contributed by atoms with Gasteiger partial charge in [0.25, 0.3) is 17.4 Å². The number of para-hydroxylation sites is 2. The van der Waals surface area contributed by atoms with Crippen molar-refractivity contribution in [2.24, 2.45) is 0 Å². The van der Waals surface area contributed by atoms with Crippen LogP contribution in [-0.2, 0) is 0 Å². The number of benzene rings is 2. The van der Waals surface area contributed by atoms with E-state index < -0.39 is 11.8 Å². The van der Waals surface area contributed by atoms with Gasteiger partial charge in [-0.25, -0.2) is 4.98 Å². The van der Waals surface area contributed by atoms with Crippen molar-refractivity contribution in [2.75, 3.05) is 0 Å². The maximum Gasteiger partial charge on any atom is 0.290 e. The molecule has 2 aromatic heterocycles. The molecule has 0 aliphatic heterocycles. The number of nitrogens with one attached hydrogen (secondary N) is 2. The van der Waals surface area contributed by atoms with Crippen LogP contribution < -0.4 is 16.4 Å². The molecule has 0 aliphatic carbocycles. The van der Waals surface area contributed by atoms with Crippen LogP contribution in [-0.4, -0.2) is 26.6 Å². The second kappa shape index (κ2) is 7.73. The highest BCUT2D eigenvalue weighted by Gasteiger charge is 2.13. The van der Waals surface area contributed by atoms with Crippen molar-refractivity contribution in [3.63, 3.8) is 0 Å². The van der Waals surface area contributed by atoms with Gasteiger partial charge in [-0.1, -0.05) is 42.5 Å². The second-order valence-electron chi connectivity index (χ2n) is 6.10. The molecule has 8 heteroatoms. The number of amides is 2. The van der Waals surface area contributed by atoms with Crippen LogP contribution in [0.1, 0.15) is 21.0 Å². The van der Waals surface area contributed by atoms with Crippen molar-refractivity contribution in [3.05, 3.63) is 101 Å². The molecule has 2 heterocycles. The largest absolute Gasteiger partial charge is 0.290 e. The fraction of sp³-hybridized carbons (Fsp3) is 0. The Balaban J connectivity index is 1.49. The van der Waals surface area contributed by atoms with Crippen LogP contribution in [0.2, 0.25) is 0 Å². The lowest BCUT2D eigenvalue weighted by Crippen LogP contribution is -2.42. The third kappa shape index (κ3) is 3.86. The summed E-state index contributed by atoms with van der Waals surface area (Å²) in [7, 11) is 0. The maximum absolute atomic E-state index is 12.4. The SMILES string of the molecule is O=C(NNC(=O)c1ccc(=O)n(-c2ccccc2)n1)c1ccc2ccccc2n1. The molecule has 0 bridgehead atoms. The number of fused-ring (bicyclic) bond motifs is 1. The molecule has 142 valence electrons. The zero-order chi connectivity index (χ0) is 20.2. The van der Waals surface area contributed by atoms with E-state index in [0.29, 0.717) is 11.2 Å². The van der Waals surface area contributed by atoms with Crippen LogP contribution >= 0.6 is 0 Å². The van der Waals surface area contributed by atoms with E-state index in [1.807, 2.05) is 18.2 Å². The summed E-state index contributed by atoms with van der Waals surface area (Å²) in [6, 6.07) is 22.0. The molecule has 0 atom stereocenters. The summed E-state index contributed by atoms with van der Waals surface area (Å²) in [5.74, 6) is -1.23. The molecule has 2 aromatic carbocycles. The molecular formula is C21H15N5O3. The number of pyridine rings is 1. The van der Waals surface area contributed by atoms with Gasteiger partial charge in [0, 0.05) is 11.5 Å². The van der Waals surface area contributed by atoms with Gasteiger partial charge >= 0.3 is 0 Å². The molecule has 0 radical (unpaired) electrons. The molecule has 0 aliphatic rings. The Morgan fingerprint density at radius 1 is 0.724 bits per heavy atom. The molecule has 2 amide bonds. The summed E-state index contributed by atoms with van der Waals surface area (Å²) >= 11 is 0. The number of rotatable bonds is 3. The van der Waals surface area contributed by atoms with Crippen molar-refractivity contribution >= 4 is 22.7 Å². The predicted molar refractivity (Wildman–Crippen MR) is 107 cm³/mol. The van der Waals surface area contributed by atoms with Crippen LogP contribution in [0.5, 0.6) is 0 Å². The molecule has 0 unspecified atom stereocenters. The lowest BCUT2D eigenvalue weighted by molar-refractivity contribution is 0.0840. The highest BCUT2D eigenvalue weighted by molar-refractivity contribution is 5.98. The molecule has 29 heavy (non-hydrogen) atoms. The predicted octanol–water partition coefficient (Wildman–Crippen LogP) is 1.86. The van der Waals surface area contributed by atoms with E-state index in [9.17, 15) is 14.4 Å². The van der Waals surface area contributed by atoms with Crippen molar-refractivity contribution in [1.82, 2.24) is 25.6 Å². The van der Waals surface area contributed by atoms with E-state index in [2.05, 4.69) is 20.9 Å². The van der Waals surface area contributed by atoms with E-state index in [1.54, 1.807) is 48.5 Å². The molecule has 2 N–H and O–H groups in total. The third-order valence-electron chi connectivity index (χ3n) is 4.15. The number of aromatic nitrogens is 3. The minimum absolute atomic E-state index is 0.0276. The molecule has 4 rings (SSSR count). The molecule has 0 spiro atoms. The van der Waals surface area contributed by atoms with Gasteiger partial charge in [-0.3, -0.25) is 25.2 Å². The van der Waals surface area contributed by atoms with Gasteiger partial charge < -0.3 is 0 Å². The molecule has 0 saturated heterocycles. The number of carbonyl (C=O) groups is 2. The van der Waals surface area contributed by atoms with Gasteiger partial charge in [0.1, 0.15) is 5.69 Å². The number of carbonyl (C=O) groups excluding carboxylic acids is 2. The van der Waals surface area contributed by atoms with Crippen molar-refractivity contribution < 1.29 is 9.59 Å². The summed E-state index contributed by atoms with van der Waals surface area (Å²) in [6.45, 7) is 0. The monoisotopic (exact) mass is 385 g/mol. The van der Waals surface area contributed by atoms with Crippen LogP contribution in [0.25, 0.3) is 16.6 Å². The zero-order valence-corrected chi connectivity index (χ0v) is 15.1. The first-order chi connectivity index (χ1) is 14.1. The smallest absolute Gasteiger partial charge is 0.267 e. The molecule has 0 fully saturated rings. The molecule has 0 saturated carbocycles. The van der Waals surface area contributed by atoms with Gasteiger partial charge in [0.2, 0.25) is 0 Å². The number of hydrazine groups is 1. The van der Waals surface area contributed by atoms with Gasteiger partial charge in [-0.15, -0.1) is 0 Å². The van der Waals surface area contributed by atoms with E-state index in [1.165, 1.54) is 12.1 Å². The standard InChI is InChI=1S/C21H15N5O3/c27-19-13-12-18(25-26(19)15-7-2-1-3-8-15)21(29)24-23-20(28)17-11-10-14-6-4-5-9-16(14)22-17/h1-13H,(H,23,28)(H,24,29). The lowest BCUT2D eigenvalue weighted by atomic mass is 10.2. The van der Waals surface area contributed by atoms with E-state index in [0.717, 1.165) is 10.1 Å². The average Bonchev–Trinajstić information content (AvgIpc) is 2.77. The van der Waals surface area contributed by atoms with E-state index in [4.69, 9.17) is 0 Å². The van der Waals surface area contributed by atoms with Gasteiger partial charge in [0.05, 0.1) is 11.2 Å². The third-order valence-corrected chi connectivity index (χ3v) is 4.15. The second-order valence-corrected chi connectivity index (χ2v) is 6.10. The van der Waals surface area contributed by atoms with Gasteiger partial charge in [-0.2, -0.15) is 9.78 Å².